The molecule has 32 heavy (non-hydrogen) atoms. The first-order chi connectivity index (χ1) is 15.7. The number of hydrogen-bond acceptors (Lipinski definition) is 4. The van der Waals surface area contributed by atoms with Gasteiger partial charge in [-0.3, -0.25) is 9.69 Å². The normalized spacial score (nSPS) is 22.2. The second-order valence-electron chi connectivity index (χ2n) is 9.82. The zero-order valence-corrected chi connectivity index (χ0v) is 19.2. The molecule has 2 aliphatic heterocycles. The molecule has 1 unspecified atom stereocenters. The Morgan fingerprint density at radius 2 is 1.78 bits per heavy atom. The molecule has 2 saturated heterocycles. The Balaban J connectivity index is 1.20. The van der Waals surface area contributed by atoms with E-state index >= 15 is 0 Å². The van der Waals surface area contributed by atoms with E-state index in [1.54, 1.807) is 0 Å². The second-order valence-corrected chi connectivity index (χ2v) is 9.82. The van der Waals surface area contributed by atoms with E-state index in [0.717, 1.165) is 57.6 Å². The van der Waals surface area contributed by atoms with E-state index in [4.69, 9.17) is 4.74 Å². The molecule has 170 valence electrons. The van der Waals surface area contributed by atoms with Crippen molar-refractivity contribution in [3.63, 3.8) is 0 Å². The van der Waals surface area contributed by atoms with E-state index in [9.17, 15) is 4.79 Å². The number of carbonyl (C=O) groups excluding carboxylic acids is 1. The highest BCUT2D eigenvalue weighted by Gasteiger charge is 2.32. The number of piperidine rings is 1. The van der Waals surface area contributed by atoms with Gasteiger partial charge in [0, 0.05) is 31.4 Å². The second kappa shape index (κ2) is 9.72. The highest BCUT2D eigenvalue weighted by Crippen LogP contribution is 2.29. The summed E-state index contributed by atoms with van der Waals surface area (Å²) in [6.45, 7) is 6.53. The molecule has 1 aromatic carbocycles. The van der Waals surface area contributed by atoms with Crippen LogP contribution in [0.2, 0.25) is 0 Å². The number of likely N-dealkylation sites (tertiary alicyclic amines) is 1. The summed E-state index contributed by atoms with van der Waals surface area (Å²) in [5.74, 6) is 0.600. The van der Waals surface area contributed by atoms with Crippen LogP contribution in [0.4, 0.5) is 0 Å². The number of nitrogens with zero attached hydrogens (tertiary/aromatic N) is 3. The predicted molar refractivity (Wildman–Crippen MR) is 126 cm³/mol. The summed E-state index contributed by atoms with van der Waals surface area (Å²) in [5.41, 5.74) is 4.50. The molecule has 1 atom stereocenters. The molecule has 5 nitrogen and oxygen atoms in total. The zero-order chi connectivity index (χ0) is 21.9. The maximum Gasteiger partial charge on any atom is 0.272 e. The number of aryl methyl sites for hydroxylation is 1. The van der Waals surface area contributed by atoms with Crippen LogP contribution in [0, 0.1) is 12.8 Å². The standard InChI is InChI=1S/C27H35N3O2/c1-20-6-4-10-26(28-20)27(31)30(19-25-9-5-15-32-25)18-21-11-13-29(14-12-21)24-16-22-7-2-3-8-23(22)17-24/h2-4,6-8,10,21,24-25H,5,9,11-19H2,1H3. The zero-order valence-electron chi connectivity index (χ0n) is 19.2. The van der Waals surface area contributed by atoms with Gasteiger partial charge >= 0.3 is 0 Å². The van der Waals surface area contributed by atoms with Crippen LogP contribution in [0.25, 0.3) is 0 Å². The minimum Gasteiger partial charge on any atom is -0.376 e. The average molecular weight is 434 g/mol. The van der Waals surface area contributed by atoms with Crippen LogP contribution < -0.4 is 0 Å². The first kappa shape index (κ1) is 21.6. The predicted octanol–water partition coefficient (Wildman–Crippen LogP) is 3.89. The molecule has 5 heteroatoms. The Labute approximate surface area is 191 Å². The van der Waals surface area contributed by atoms with Crippen LogP contribution in [-0.2, 0) is 17.6 Å². The van der Waals surface area contributed by atoms with Gasteiger partial charge in [-0.25, -0.2) is 4.98 Å². The molecule has 2 fully saturated rings. The molecule has 3 heterocycles. The lowest BCUT2D eigenvalue weighted by atomic mass is 9.94. The van der Waals surface area contributed by atoms with Crippen LogP contribution in [0.5, 0.6) is 0 Å². The molecule has 1 amide bonds. The van der Waals surface area contributed by atoms with Crippen molar-refractivity contribution in [1.29, 1.82) is 0 Å². The maximum atomic E-state index is 13.4. The quantitative estimate of drug-likeness (QED) is 0.693. The fourth-order valence-electron chi connectivity index (χ4n) is 5.70. The smallest absolute Gasteiger partial charge is 0.272 e. The van der Waals surface area contributed by atoms with Crippen LogP contribution in [0.1, 0.15) is 53.0 Å². The Kier molecular flexibility index (Phi) is 6.56. The first-order valence-corrected chi connectivity index (χ1v) is 12.3. The molecular weight excluding hydrogens is 398 g/mol. The van der Waals surface area contributed by atoms with Gasteiger partial charge in [-0.05, 0) is 87.7 Å². The number of ether oxygens (including phenoxy) is 1. The largest absolute Gasteiger partial charge is 0.376 e. The number of benzene rings is 1. The van der Waals surface area contributed by atoms with Gasteiger partial charge in [0.2, 0.25) is 0 Å². The van der Waals surface area contributed by atoms with Gasteiger partial charge < -0.3 is 9.64 Å². The highest BCUT2D eigenvalue weighted by atomic mass is 16.5. The average Bonchev–Trinajstić information content (AvgIpc) is 3.48. The van der Waals surface area contributed by atoms with E-state index in [0.29, 0.717) is 24.2 Å². The molecule has 0 N–H and O–H groups in total. The third kappa shape index (κ3) is 4.89. The SMILES string of the molecule is Cc1cccc(C(=O)N(CC2CCN(C3Cc4ccccc4C3)CC2)CC2CCCO2)n1. The third-order valence-electron chi connectivity index (χ3n) is 7.52. The number of fused-ring (bicyclic) bond motifs is 1. The molecule has 2 aromatic rings. The summed E-state index contributed by atoms with van der Waals surface area (Å²) in [6, 6.07) is 15.3. The molecule has 0 spiro atoms. The fourth-order valence-corrected chi connectivity index (χ4v) is 5.70. The lowest BCUT2D eigenvalue weighted by Crippen LogP contribution is -2.46. The minimum atomic E-state index is 0.0536. The van der Waals surface area contributed by atoms with E-state index < -0.39 is 0 Å². The van der Waals surface area contributed by atoms with Crippen molar-refractivity contribution in [1.82, 2.24) is 14.8 Å². The van der Waals surface area contributed by atoms with Gasteiger partial charge in [0.25, 0.3) is 5.91 Å². The summed E-state index contributed by atoms with van der Waals surface area (Å²) in [4.78, 5) is 22.6. The molecule has 3 aliphatic rings. The monoisotopic (exact) mass is 433 g/mol. The Morgan fingerprint density at radius 1 is 1.03 bits per heavy atom. The van der Waals surface area contributed by atoms with E-state index in [2.05, 4.69) is 34.1 Å². The topological polar surface area (TPSA) is 45.7 Å². The molecule has 0 saturated carbocycles. The first-order valence-electron chi connectivity index (χ1n) is 12.3. The Bertz CT molecular complexity index is 907. The van der Waals surface area contributed by atoms with E-state index in [1.165, 1.54) is 24.0 Å². The summed E-state index contributed by atoms with van der Waals surface area (Å²) in [5, 5.41) is 0. The van der Waals surface area contributed by atoms with Crippen molar-refractivity contribution in [2.45, 2.75) is 57.6 Å². The number of rotatable bonds is 6. The number of carbonyl (C=O) groups is 1. The fraction of sp³-hybridized carbons (Fsp3) is 0.556. The molecule has 0 bridgehead atoms. The van der Waals surface area contributed by atoms with Gasteiger partial charge in [0.1, 0.15) is 5.69 Å². The van der Waals surface area contributed by atoms with Crippen LogP contribution in [-0.4, -0.2) is 65.6 Å². The van der Waals surface area contributed by atoms with Crippen LogP contribution in [0.15, 0.2) is 42.5 Å². The molecule has 0 radical (unpaired) electrons. The lowest BCUT2D eigenvalue weighted by Gasteiger charge is -2.38. The van der Waals surface area contributed by atoms with Crippen molar-refractivity contribution in [3.05, 3.63) is 65.0 Å². The van der Waals surface area contributed by atoms with E-state index in [-0.39, 0.29) is 12.0 Å². The maximum absolute atomic E-state index is 13.4. The number of pyridine rings is 1. The Hall–Kier alpha value is -2.24. The summed E-state index contributed by atoms with van der Waals surface area (Å²) in [6.07, 6.45) is 6.99. The van der Waals surface area contributed by atoms with E-state index in [1.807, 2.05) is 30.0 Å². The van der Waals surface area contributed by atoms with Crippen molar-refractivity contribution >= 4 is 5.91 Å². The number of amides is 1. The Morgan fingerprint density at radius 3 is 2.44 bits per heavy atom. The summed E-state index contributed by atoms with van der Waals surface area (Å²) in [7, 11) is 0. The van der Waals surface area contributed by atoms with Crippen molar-refractivity contribution in [2.75, 3.05) is 32.8 Å². The summed E-state index contributed by atoms with van der Waals surface area (Å²) < 4.78 is 5.88. The highest BCUT2D eigenvalue weighted by molar-refractivity contribution is 5.92. The van der Waals surface area contributed by atoms with Crippen molar-refractivity contribution < 1.29 is 9.53 Å². The van der Waals surface area contributed by atoms with Gasteiger partial charge in [0.05, 0.1) is 6.10 Å². The van der Waals surface area contributed by atoms with Crippen molar-refractivity contribution in [2.24, 2.45) is 5.92 Å². The molecule has 5 rings (SSSR count). The lowest BCUT2D eigenvalue weighted by molar-refractivity contribution is 0.0426. The minimum absolute atomic E-state index is 0.0536. The molecule has 1 aliphatic carbocycles. The van der Waals surface area contributed by atoms with Crippen molar-refractivity contribution in [3.8, 4) is 0 Å². The van der Waals surface area contributed by atoms with Gasteiger partial charge in [-0.2, -0.15) is 0 Å². The molecular formula is C27H35N3O2. The number of aromatic nitrogens is 1. The third-order valence-corrected chi connectivity index (χ3v) is 7.52. The van der Waals surface area contributed by atoms with Gasteiger partial charge in [0.15, 0.2) is 0 Å². The van der Waals surface area contributed by atoms with Gasteiger partial charge in [-0.15, -0.1) is 0 Å². The van der Waals surface area contributed by atoms with Crippen LogP contribution in [0.3, 0.4) is 0 Å². The number of hydrogen-bond donors (Lipinski definition) is 0. The van der Waals surface area contributed by atoms with Crippen LogP contribution >= 0.6 is 0 Å². The molecule has 1 aromatic heterocycles. The summed E-state index contributed by atoms with van der Waals surface area (Å²) >= 11 is 0. The van der Waals surface area contributed by atoms with Gasteiger partial charge in [-0.1, -0.05) is 30.3 Å².